The SMILES string of the molecule is CC(C)(C)c1cccc(C2=CC3COCC(C2)N3C(=O)OCc2ccccc2)c1. The Morgan fingerprint density at radius 2 is 1.90 bits per heavy atom. The van der Waals surface area contributed by atoms with Crippen molar-refractivity contribution in [2.75, 3.05) is 13.2 Å². The quantitative estimate of drug-likeness (QED) is 0.724. The highest BCUT2D eigenvalue weighted by Crippen LogP contribution is 2.34. The molecular formula is C25H29NO3. The van der Waals surface area contributed by atoms with E-state index >= 15 is 0 Å². The van der Waals surface area contributed by atoms with Crippen LogP contribution in [-0.4, -0.2) is 36.3 Å². The van der Waals surface area contributed by atoms with E-state index in [0.717, 1.165) is 12.0 Å². The van der Waals surface area contributed by atoms with Gasteiger partial charge in [0.15, 0.2) is 0 Å². The number of carbonyl (C=O) groups is 1. The van der Waals surface area contributed by atoms with Crippen molar-refractivity contribution in [1.82, 2.24) is 4.90 Å². The van der Waals surface area contributed by atoms with E-state index < -0.39 is 0 Å². The van der Waals surface area contributed by atoms with E-state index in [9.17, 15) is 4.79 Å². The predicted octanol–water partition coefficient (Wildman–Crippen LogP) is 5.18. The van der Waals surface area contributed by atoms with Gasteiger partial charge in [-0.15, -0.1) is 0 Å². The Bertz CT molecular complexity index is 898. The average Bonchev–Trinajstić information content (AvgIpc) is 2.71. The Morgan fingerprint density at radius 1 is 1.10 bits per heavy atom. The largest absolute Gasteiger partial charge is 0.445 e. The monoisotopic (exact) mass is 391 g/mol. The third-order valence-corrected chi connectivity index (χ3v) is 5.71. The molecule has 1 saturated heterocycles. The summed E-state index contributed by atoms with van der Waals surface area (Å²) < 4.78 is 11.4. The molecule has 2 unspecified atom stereocenters. The molecule has 2 aromatic carbocycles. The third-order valence-electron chi connectivity index (χ3n) is 5.71. The van der Waals surface area contributed by atoms with Crippen molar-refractivity contribution >= 4 is 11.7 Å². The van der Waals surface area contributed by atoms with Gasteiger partial charge >= 0.3 is 6.09 Å². The van der Waals surface area contributed by atoms with Crippen molar-refractivity contribution in [2.45, 2.75) is 51.3 Å². The molecule has 2 aliphatic rings. The zero-order chi connectivity index (χ0) is 20.4. The molecule has 2 heterocycles. The van der Waals surface area contributed by atoms with Gasteiger partial charge in [-0.2, -0.15) is 0 Å². The Balaban J connectivity index is 1.52. The van der Waals surface area contributed by atoms with E-state index in [2.05, 4.69) is 51.1 Å². The van der Waals surface area contributed by atoms with Crippen molar-refractivity contribution in [3.05, 3.63) is 77.4 Å². The minimum atomic E-state index is -0.258. The summed E-state index contributed by atoms with van der Waals surface area (Å²) in [6.45, 7) is 8.05. The summed E-state index contributed by atoms with van der Waals surface area (Å²) in [5.41, 5.74) is 4.96. The first-order valence-electron chi connectivity index (χ1n) is 10.3. The van der Waals surface area contributed by atoms with Crippen LogP contribution >= 0.6 is 0 Å². The van der Waals surface area contributed by atoms with Crippen LogP contribution in [0.1, 0.15) is 43.9 Å². The lowest BCUT2D eigenvalue weighted by Crippen LogP contribution is -2.56. The van der Waals surface area contributed by atoms with E-state index in [4.69, 9.17) is 9.47 Å². The molecule has 2 bridgehead atoms. The summed E-state index contributed by atoms with van der Waals surface area (Å²) in [5.74, 6) is 0. The van der Waals surface area contributed by atoms with E-state index in [1.165, 1.54) is 16.7 Å². The Kier molecular flexibility index (Phi) is 5.46. The van der Waals surface area contributed by atoms with Crippen LogP contribution in [0.15, 0.2) is 60.7 Å². The lowest BCUT2D eigenvalue weighted by atomic mass is 9.83. The number of carbonyl (C=O) groups excluding carboxylic acids is 1. The standard InChI is InChI=1S/C25H29NO3/c1-25(2,3)21-11-7-10-19(12-21)20-13-22-16-28-17-23(14-20)26(22)24(27)29-15-18-8-5-4-6-9-18/h4-13,22-23H,14-17H2,1-3H3. The smallest absolute Gasteiger partial charge is 0.411 e. The number of morpholine rings is 1. The highest BCUT2D eigenvalue weighted by Gasteiger charge is 2.39. The zero-order valence-electron chi connectivity index (χ0n) is 17.4. The second-order valence-electron chi connectivity index (χ2n) is 8.93. The molecule has 1 fully saturated rings. The summed E-state index contributed by atoms with van der Waals surface area (Å²) >= 11 is 0. The summed E-state index contributed by atoms with van der Waals surface area (Å²) in [6.07, 6.45) is 2.71. The molecule has 0 aromatic heterocycles. The molecule has 4 rings (SSSR count). The van der Waals surface area contributed by atoms with E-state index in [0.29, 0.717) is 19.8 Å². The van der Waals surface area contributed by atoms with Crippen LogP contribution < -0.4 is 0 Å². The Hall–Kier alpha value is -2.59. The van der Waals surface area contributed by atoms with Gasteiger partial charge in [-0.3, -0.25) is 4.90 Å². The second-order valence-corrected chi connectivity index (χ2v) is 8.93. The van der Waals surface area contributed by atoms with Gasteiger partial charge in [-0.1, -0.05) is 81.4 Å². The van der Waals surface area contributed by atoms with E-state index in [-0.39, 0.29) is 23.6 Å². The van der Waals surface area contributed by atoms with Crippen molar-refractivity contribution in [2.24, 2.45) is 0 Å². The number of rotatable bonds is 3. The molecule has 1 amide bonds. The maximum atomic E-state index is 12.8. The Morgan fingerprint density at radius 3 is 2.62 bits per heavy atom. The van der Waals surface area contributed by atoms with Crippen LogP contribution in [-0.2, 0) is 21.5 Å². The molecule has 4 nitrogen and oxygen atoms in total. The Labute approximate surface area is 173 Å². The molecule has 0 N–H and O–H groups in total. The zero-order valence-corrected chi connectivity index (χ0v) is 17.4. The molecule has 2 aliphatic heterocycles. The van der Waals surface area contributed by atoms with Crippen molar-refractivity contribution in [3.63, 3.8) is 0 Å². The van der Waals surface area contributed by atoms with E-state index in [1.54, 1.807) is 0 Å². The molecule has 152 valence electrons. The van der Waals surface area contributed by atoms with Gasteiger partial charge in [0.25, 0.3) is 0 Å². The lowest BCUT2D eigenvalue weighted by Gasteiger charge is -2.43. The van der Waals surface area contributed by atoms with Crippen molar-refractivity contribution in [3.8, 4) is 0 Å². The normalized spacial score (nSPS) is 21.5. The van der Waals surface area contributed by atoms with Crippen LogP contribution in [0.4, 0.5) is 4.79 Å². The highest BCUT2D eigenvalue weighted by molar-refractivity contribution is 5.74. The number of ether oxygens (including phenoxy) is 2. The minimum Gasteiger partial charge on any atom is -0.445 e. The van der Waals surface area contributed by atoms with Gasteiger partial charge in [0.1, 0.15) is 6.61 Å². The fraction of sp³-hybridized carbons (Fsp3) is 0.400. The average molecular weight is 392 g/mol. The molecule has 0 spiro atoms. The molecule has 4 heteroatoms. The maximum Gasteiger partial charge on any atom is 0.411 e. The maximum absolute atomic E-state index is 12.8. The summed E-state index contributed by atoms with van der Waals surface area (Å²) in [6, 6.07) is 18.5. The number of nitrogens with zero attached hydrogens (tertiary/aromatic N) is 1. The summed E-state index contributed by atoms with van der Waals surface area (Å²) in [5, 5.41) is 0. The summed E-state index contributed by atoms with van der Waals surface area (Å²) in [4.78, 5) is 14.7. The van der Waals surface area contributed by atoms with E-state index in [1.807, 2.05) is 35.2 Å². The number of hydrogen-bond donors (Lipinski definition) is 0. The van der Waals surface area contributed by atoms with Crippen LogP contribution in [0.25, 0.3) is 5.57 Å². The van der Waals surface area contributed by atoms with Gasteiger partial charge in [-0.25, -0.2) is 4.79 Å². The number of fused-ring (bicyclic) bond motifs is 2. The molecule has 29 heavy (non-hydrogen) atoms. The number of hydrogen-bond acceptors (Lipinski definition) is 3. The second kappa shape index (κ2) is 8.03. The van der Waals surface area contributed by atoms with Gasteiger partial charge in [-0.05, 0) is 34.1 Å². The predicted molar refractivity (Wildman–Crippen MR) is 115 cm³/mol. The van der Waals surface area contributed by atoms with Crippen molar-refractivity contribution < 1.29 is 14.3 Å². The highest BCUT2D eigenvalue weighted by atomic mass is 16.6. The first-order chi connectivity index (χ1) is 13.9. The van der Waals surface area contributed by atoms with Gasteiger partial charge in [0.2, 0.25) is 0 Å². The van der Waals surface area contributed by atoms with Gasteiger partial charge < -0.3 is 9.47 Å². The molecule has 2 aromatic rings. The van der Waals surface area contributed by atoms with Gasteiger partial charge in [0.05, 0.1) is 25.3 Å². The lowest BCUT2D eigenvalue weighted by molar-refractivity contribution is -0.0342. The number of amides is 1. The number of benzene rings is 2. The van der Waals surface area contributed by atoms with Crippen molar-refractivity contribution in [1.29, 1.82) is 0 Å². The van der Waals surface area contributed by atoms with Gasteiger partial charge in [0, 0.05) is 0 Å². The first kappa shape index (κ1) is 19.7. The third kappa shape index (κ3) is 4.38. The van der Waals surface area contributed by atoms with Crippen LogP contribution in [0, 0.1) is 0 Å². The summed E-state index contributed by atoms with van der Waals surface area (Å²) in [7, 11) is 0. The van der Waals surface area contributed by atoms with Crippen LogP contribution in [0.2, 0.25) is 0 Å². The topological polar surface area (TPSA) is 38.8 Å². The fourth-order valence-electron chi connectivity index (χ4n) is 4.07. The first-order valence-corrected chi connectivity index (χ1v) is 10.3. The molecule has 0 radical (unpaired) electrons. The molecule has 2 atom stereocenters. The molecule has 0 saturated carbocycles. The van der Waals surface area contributed by atoms with Crippen LogP contribution in [0.3, 0.4) is 0 Å². The minimum absolute atomic E-state index is 0.00955. The molecular weight excluding hydrogens is 362 g/mol. The fourth-order valence-corrected chi connectivity index (χ4v) is 4.07. The van der Waals surface area contributed by atoms with Crippen LogP contribution in [0.5, 0.6) is 0 Å². The molecule has 0 aliphatic carbocycles.